The summed E-state index contributed by atoms with van der Waals surface area (Å²) in [5.41, 5.74) is 1.17. The summed E-state index contributed by atoms with van der Waals surface area (Å²) in [6, 6.07) is 5.06. The minimum Gasteiger partial charge on any atom is -0.387 e. The summed E-state index contributed by atoms with van der Waals surface area (Å²) in [6.07, 6.45) is 0. The van der Waals surface area contributed by atoms with E-state index in [2.05, 4.69) is 20.8 Å². The van der Waals surface area contributed by atoms with E-state index in [1.54, 1.807) is 32.2 Å². The maximum Gasteiger partial charge on any atom is 0.253 e. The van der Waals surface area contributed by atoms with Crippen molar-refractivity contribution in [3.05, 3.63) is 40.5 Å². The van der Waals surface area contributed by atoms with E-state index in [9.17, 15) is 4.79 Å². The molecule has 7 heteroatoms. The molecule has 2 rings (SSSR count). The normalized spacial score (nSPS) is 10.3. The maximum atomic E-state index is 12.1. The molecule has 100 valence electrons. The monoisotopic (exact) mass is 280 g/mol. The van der Waals surface area contributed by atoms with E-state index in [-0.39, 0.29) is 12.5 Å². The highest BCUT2D eigenvalue weighted by atomic mass is 35.5. The van der Waals surface area contributed by atoms with Crippen molar-refractivity contribution in [1.82, 2.24) is 15.5 Å². The highest BCUT2D eigenvalue weighted by Crippen LogP contribution is 2.20. The summed E-state index contributed by atoms with van der Waals surface area (Å²) in [5.74, 6) is 0.635. The summed E-state index contributed by atoms with van der Waals surface area (Å²) in [7, 11) is 1.74. The SMILES string of the molecule is CNc1ccc(Cl)cc1C(=O)NCc1noc(C)n1. The van der Waals surface area contributed by atoms with Crippen molar-refractivity contribution in [2.24, 2.45) is 0 Å². The molecule has 0 spiro atoms. The van der Waals surface area contributed by atoms with Gasteiger partial charge in [0.1, 0.15) is 0 Å². The fraction of sp³-hybridized carbons (Fsp3) is 0.250. The number of halogens is 1. The van der Waals surface area contributed by atoms with Crippen LogP contribution < -0.4 is 10.6 Å². The number of nitrogens with one attached hydrogen (secondary N) is 2. The van der Waals surface area contributed by atoms with Crippen LogP contribution in [0.2, 0.25) is 5.02 Å². The highest BCUT2D eigenvalue weighted by molar-refractivity contribution is 6.31. The quantitative estimate of drug-likeness (QED) is 0.895. The summed E-state index contributed by atoms with van der Waals surface area (Å²) in [4.78, 5) is 16.1. The van der Waals surface area contributed by atoms with Crippen LogP contribution in [-0.2, 0) is 6.54 Å². The molecule has 6 nitrogen and oxygen atoms in total. The second-order valence-corrected chi connectivity index (χ2v) is 4.29. The number of nitrogens with zero attached hydrogens (tertiary/aromatic N) is 2. The van der Waals surface area contributed by atoms with E-state index in [1.807, 2.05) is 0 Å². The standard InChI is InChI=1S/C12H13ClN4O2/c1-7-16-11(17-19-7)6-15-12(18)9-5-8(13)3-4-10(9)14-2/h3-5,14H,6H2,1-2H3,(H,15,18). The van der Waals surface area contributed by atoms with Crippen molar-refractivity contribution in [2.75, 3.05) is 12.4 Å². The second kappa shape index (κ2) is 5.71. The highest BCUT2D eigenvalue weighted by Gasteiger charge is 2.12. The lowest BCUT2D eigenvalue weighted by molar-refractivity contribution is 0.0950. The lowest BCUT2D eigenvalue weighted by Gasteiger charge is -2.09. The van der Waals surface area contributed by atoms with Crippen LogP contribution in [0.1, 0.15) is 22.1 Å². The molecule has 1 aromatic heterocycles. The zero-order valence-electron chi connectivity index (χ0n) is 10.5. The van der Waals surface area contributed by atoms with Crippen LogP contribution in [0, 0.1) is 6.92 Å². The van der Waals surface area contributed by atoms with E-state index in [0.29, 0.717) is 28.0 Å². The fourth-order valence-electron chi connectivity index (χ4n) is 1.59. The molecule has 2 N–H and O–H groups in total. The van der Waals surface area contributed by atoms with Gasteiger partial charge in [0, 0.05) is 24.7 Å². The van der Waals surface area contributed by atoms with Crippen molar-refractivity contribution in [2.45, 2.75) is 13.5 Å². The first kappa shape index (κ1) is 13.4. The zero-order valence-corrected chi connectivity index (χ0v) is 11.3. The Hall–Kier alpha value is -2.08. The van der Waals surface area contributed by atoms with Gasteiger partial charge in [-0.05, 0) is 18.2 Å². The number of hydrogen-bond donors (Lipinski definition) is 2. The smallest absolute Gasteiger partial charge is 0.253 e. The minimum atomic E-state index is -0.255. The molecule has 0 atom stereocenters. The van der Waals surface area contributed by atoms with Gasteiger partial charge in [-0.15, -0.1) is 0 Å². The Morgan fingerprint density at radius 1 is 1.47 bits per heavy atom. The first-order chi connectivity index (χ1) is 9.10. The molecule has 0 saturated heterocycles. The molecule has 0 unspecified atom stereocenters. The van der Waals surface area contributed by atoms with Gasteiger partial charge >= 0.3 is 0 Å². The number of carbonyl (C=O) groups is 1. The number of hydrogen-bond acceptors (Lipinski definition) is 5. The molecule has 1 heterocycles. The number of benzene rings is 1. The van der Waals surface area contributed by atoms with Crippen molar-refractivity contribution in [3.8, 4) is 0 Å². The number of anilines is 1. The van der Waals surface area contributed by atoms with Gasteiger partial charge in [-0.2, -0.15) is 4.98 Å². The van der Waals surface area contributed by atoms with Gasteiger partial charge in [0.25, 0.3) is 5.91 Å². The van der Waals surface area contributed by atoms with Crippen molar-refractivity contribution < 1.29 is 9.32 Å². The van der Waals surface area contributed by atoms with E-state index < -0.39 is 0 Å². The van der Waals surface area contributed by atoms with Gasteiger partial charge in [-0.1, -0.05) is 16.8 Å². The summed E-state index contributed by atoms with van der Waals surface area (Å²) >= 11 is 5.89. The molecular formula is C12H13ClN4O2. The van der Waals surface area contributed by atoms with Crippen LogP contribution in [0.15, 0.2) is 22.7 Å². The number of aryl methyl sites for hydroxylation is 1. The van der Waals surface area contributed by atoms with Gasteiger partial charge in [0.15, 0.2) is 5.82 Å². The lowest BCUT2D eigenvalue weighted by atomic mass is 10.1. The van der Waals surface area contributed by atoms with Crippen molar-refractivity contribution in [1.29, 1.82) is 0 Å². The molecular weight excluding hydrogens is 268 g/mol. The molecule has 1 aromatic carbocycles. The maximum absolute atomic E-state index is 12.1. The van der Waals surface area contributed by atoms with Gasteiger partial charge in [0.2, 0.25) is 5.89 Å². The summed E-state index contributed by atoms with van der Waals surface area (Å²) < 4.78 is 4.82. The topological polar surface area (TPSA) is 80.0 Å². The Morgan fingerprint density at radius 3 is 2.89 bits per heavy atom. The first-order valence-electron chi connectivity index (χ1n) is 5.65. The molecule has 0 saturated carbocycles. The van der Waals surface area contributed by atoms with Crippen LogP contribution in [-0.4, -0.2) is 23.1 Å². The summed E-state index contributed by atoms with van der Waals surface area (Å²) in [6.45, 7) is 1.89. The largest absolute Gasteiger partial charge is 0.387 e. The Balaban J connectivity index is 2.09. The van der Waals surface area contributed by atoms with Crippen LogP contribution >= 0.6 is 11.6 Å². The van der Waals surface area contributed by atoms with Gasteiger partial charge < -0.3 is 15.2 Å². The lowest BCUT2D eigenvalue weighted by Crippen LogP contribution is -2.24. The van der Waals surface area contributed by atoms with Gasteiger partial charge in [-0.3, -0.25) is 4.79 Å². The predicted molar refractivity (Wildman–Crippen MR) is 71.2 cm³/mol. The molecule has 0 aliphatic heterocycles. The predicted octanol–water partition coefficient (Wildman–Crippen LogP) is 2.00. The number of carbonyl (C=O) groups excluding carboxylic acids is 1. The van der Waals surface area contributed by atoms with Crippen LogP contribution in [0.25, 0.3) is 0 Å². The molecule has 0 bridgehead atoms. The average molecular weight is 281 g/mol. The number of aromatic nitrogens is 2. The third-order valence-corrected chi connectivity index (χ3v) is 2.71. The molecule has 1 amide bonds. The molecule has 19 heavy (non-hydrogen) atoms. The average Bonchev–Trinajstić information content (AvgIpc) is 2.81. The Morgan fingerprint density at radius 2 is 2.26 bits per heavy atom. The Bertz CT molecular complexity index is 597. The van der Waals surface area contributed by atoms with E-state index in [1.165, 1.54) is 0 Å². The van der Waals surface area contributed by atoms with E-state index >= 15 is 0 Å². The summed E-state index contributed by atoms with van der Waals surface area (Å²) in [5, 5.41) is 9.84. The Kier molecular flexibility index (Phi) is 4.01. The number of amides is 1. The first-order valence-corrected chi connectivity index (χ1v) is 6.02. The van der Waals surface area contributed by atoms with Crippen LogP contribution in [0.5, 0.6) is 0 Å². The number of rotatable bonds is 4. The molecule has 0 aliphatic carbocycles. The second-order valence-electron chi connectivity index (χ2n) is 3.85. The third kappa shape index (κ3) is 3.23. The van der Waals surface area contributed by atoms with Gasteiger partial charge in [0.05, 0.1) is 12.1 Å². The van der Waals surface area contributed by atoms with Crippen molar-refractivity contribution >= 4 is 23.2 Å². The minimum absolute atomic E-state index is 0.200. The molecule has 0 aliphatic rings. The molecule has 0 fully saturated rings. The van der Waals surface area contributed by atoms with Crippen LogP contribution in [0.4, 0.5) is 5.69 Å². The van der Waals surface area contributed by atoms with Crippen molar-refractivity contribution in [3.63, 3.8) is 0 Å². The van der Waals surface area contributed by atoms with E-state index in [4.69, 9.17) is 16.1 Å². The van der Waals surface area contributed by atoms with Crippen LogP contribution in [0.3, 0.4) is 0 Å². The fourth-order valence-corrected chi connectivity index (χ4v) is 1.76. The molecule has 2 aromatic rings. The van der Waals surface area contributed by atoms with E-state index in [0.717, 1.165) is 0 Å². The molecule has 0 radical (unpaired) electrons. The third-order valence-electron chi connectivity index (χ3n) is 2.47. The van der Waals surface area contributed by atoms with Gasteiger partial charge in [-0.25, -0.2) is 0 Å². The zero-order chi connectivity index (χ0) is 13.8. The Labute approximate surface area is 115 Å².